The van der Waals surface area contributed by atoms with Crippen molar-refractivity contribution in [3.05, 3.63) is 75.8 Å². The molecule has 0 aliphatic carbocycles. The molecule has 1 fully saturated rings. The van der Waals surface area contributed by atoms with Gasteiger partial charge in [0.1, 0.15) is 18.2 Å². The number of aliphatic hydroxyl groups is 1. The highest BCUT2D eigenvalue weighted by molar-refractivity contribution is 6.34. The molecule has 0 radical (unpaired) electrons. The molecule has 0 amide bonds. The minimum atomic E-state index is -0.619. The van der Waals surface area contributed by atoms with Crippen molar-refractivity contribution in [3.8, 4) is 22.6 Å². The first-order valence-corrected chi connectivity index (χ1v) is 12.0. The number of rotatable bonds is 6. The number of nitrogens with zero attached hydrogens (tertiary/aromatic N) is 1. The van der Waals surface area contributed by atoms with Gasteiger partial charge in [0.2, 0.25) is 0 Å². The Labute approximate surface area is 208 Å². The first-order valence-electron chi connectivity index (χ1n) is 11.6. The van der Waals surface area contributed by atoms with Gasteiger partial charge in [-0.1, -0.05) is 29.8 Å². The molecular weight excluding hydrogens is 474 g/mol. The van der Waals surface area contributed by atoms with Crippen LogP contribution in [0.3, 0.4) is 0 Å². The van der Waals surface area contributed by atoms with Gasteiger partial charge in [-0.25, -0.2) is 8.78 Å². The first-order chi connectivity index (χ1) is 16.9. The average molecular weight is 501 g/mol. The molecule has 0 spiro atoms. The maximum absolute atomic E-state index is 15.8. The second-order valence-electron chi connectivity index (χ2n) is 8.96. The van der Waals surface area contributed by atoms with Gasteiger partial charge in [-0.05, 0) is 47.9 Å². The SMILES string of the molecule is COc1cccc(C23CNCCN2c2cc(F)c(Cl)c(-c4c(C)ccc(OCCO)c4F)c2C3)c1. The van der Waals surface area contributed by atoms with E-state index in [9.17, 15) is 0 Å². The van der Waals surface area contributed by atoms with Crippen molar-refractivity contribution < 1.29 is 23.4 Å². The molecule has 5 nitrogen and oxygen atoms in total. The van der Waals surface area contributed by atoms with Crippen molar-refractivity contribution in [2.24, 2.45) is 0 Å². The van der Waals surface area contributed by atoms with Crippen LogP contribution in [0.2, 0.25) is 5.02 Å². The summed E-state index contributed by atoms with van der Waals surface area (Å²) in [6.07, 6.45) is 0.512. The van der Waals surface area contributed by atoms with Gasteiger partial charge in [0, 0.05) is 42.9 Å². The third kappa shape index (κ3) is 3.82. The van der Waals surface area contributed by atoms with Crippen molar-refractivity contribution in [2.45, 2.75) is 18.9 Å². The molecule has 1 unspecified atom stereocenters. The third-order valence-corrected chi connectivity index (χ3v) is 7.40. The van der Waals surface area contributed by atoms with Crippen LogP contribution in [-0.4, -0.2) is 45.1 Å². The van der Waals surface area contributed by atoms with Gasteiger partial charge in [0.05, 0.1) is 24.3 Å². The topological polar surface area (TPSA) is 54.0 Å². The normalized spacial score (nSPS) is 18.9. The monoisotopic (exact) mass is 500 g/mol. The maximum Gasteiger partial charge on any atom is 0.173 e. The lowest BCUT2D eigenvalue weighted by Gasteiger charge is -2.45. The van der Waals surface area contributed by atoms with E-state index in [-0.39, 0.29) is 29.5 Å². The smallest absolute Gasteiger partial charge is 0.173 e. The van der Waals surface area contributed by atoms with Crippen LogP contribution in [0.25, 0.3) is 11.1 Å². The van der Waals surface area contributed by atoms with E-state index in [1.807, 2.05) is 24.3 Å². The third-order valence-electron chi connectivity index (χ3n) is 7.03. The van der Waals surface area contributed by atoms with Crippen molar-refractivity contribution in [1.82, 2.24) is 5.32 Å². The lowest BCUT2D eigenvalue weighted by Crippen LogP contribution is -2.57. The van der Waals surface area contributed by atoms with Crippen LogP contribution in [0.4, 0.5) is 14.5 Å². The van der Waals surface area contributed by atoms with Gasteiger partial charge in [-0.15, -0.1) is 0 Å². The fourth-order valence-electron chi connectivity index (χ4n) is 5.43. The molecule has 2 aliphatic heterocycles. The number of benzene rings is 3. The zero-order chi connectivity index (χ0) is 24.7. The van der Waals surface area contributed by atoms with Crippen LogP contribution in [0, 0.1) is 18.6 Å². The zero-order valence-electron chi connectivity index (χ0n) is 19.6. The molecule has 2 aliphatic rings. The van der Waals surface area contributed by atoms with Crippen LogP contribution >= 0.6 is 11.6 Å². The molecule has 2 heterocycles. The Bertz CT molecular complexity index is 1290. The van der Waals surface area contributed by atoms with Crippen LogP contribution in [0.5, 0.6) is 11.5 Å². The number of methoxy groups -OCH3 is 1. The van der Waals surface area contributed by atoms with E-state index in [4.69, 9.17) is 26.2 Å². The van der Waals surface area contributed by atoms with Gasteiger partial charge in [0.15, 0.2) is 11.6 Å². The molecule has 0 aromatic heterocycles. The second-order valence-corrected chi connectivity index (χ2v) is 9.33. The standard InChI is InChI=1S/C27H27ClF2N2O3/c1-16-6-7-22(35-11-10-33)26(30)23(16)24-19-14-27(17-4-3-5-18(12-17)34-2)15-31-8-9-32(27)21(19)13-20(29)25(24)28/h3-7,12-13,31,33H,8-11,14-15H2,1-2H3. The summed E-state index contributed by atoms with van der Waals surface area (Å²) < 4.78 is 42.0. The number of aryl methyl sites for hydroxylation is 1. The van der Waals surface area contributed by atoms with Crippen molar-refractivity contribution in [1.29, 1.82) is 0 Å². The van der Waals surface area contributed by atoms with Gasteiger partial charge >= 0.3 is 0 Å². The Hall–Kier alpha value is -2.87. The van der Waals surface area contributed by atoms with Gasteiger partial charge < -0.3 is 24.8 Å². The summed E-state index contributed by atoms with van der Waals surface area (Å²) in [5, 5.41) is 12.5. The number of anilines is 1. The largest absolute Gasteiger partial charge is 0.497 e. The number of piperazine rings is 1. The van der Waals surface area contributed by atoms with E-state index in [0.29, 0.717) is 36.3 Å². The Morgan fingerprint density at radius 3 is 2.77 bits per heavy atom. The van der Waals surface area contributed by atoms with Gasteiger partial charge in [-0.3, -0.25) is 0 Å². The van der Waals surface area contributed by atoms with E-state index in [0.717, 1.165) is 23.4 Å². The van der Waals surface area contributed by atoms with E-state index in [1.54, 1.807) is 20.1 Å². The summed E-state index contributed by atoms with van der Waals surface area (Å²) in [4.78, 5) is 2.20. The lowest BCUT2D eigenvalue weighted by atomic mass is 9.83. The summed E-state index contributed by atoms with van der Waals surface area (Å²) in [5.41, 5.74) is 3.22. The Kier molecular flexibility index (Phi) is 6.34. The highest BCUT2D eigenvalue weighted by Crippen LogP contribution is 2.53. The number of halogens is 3. The highest BCUT2D eigenvalue weighted by Gasteiger charge is 2.48. The molecule has 3 aromatic rings. The van der Waals surface area contributed by atoms with Gasteiger partial charge in [-0.2, -0.15) is 0 Å². The van der Waals surface area contributed by atoms with Crippen molar-refractivity contribution >= 4 is 17.3 Å². The van der Waals surface area contributed by atoms with Gasteiger partial charge in [0.25, 0.3) is 0 Å². The number of nitrogens with one attached hydrogen (secondary N) is 1. The molecule has 184 valence electrons. The minimum Gasteiger partial charge on any atom is -0.497 e. The molecular formula is C27H27ClF2N2O3. The zero-order valence-corrected chi connectivity index (χ0v) is 20.4. The van der Waals surface area contributed by atoms with Crippen molar-refractivity contribution in [3.63, 3.8) is 0 Å². The van der Waals surface area contributed by atoms with E-state index in [2.05, 4.69) is 10.2 Å². The van der Waals surface area contributed by atoms with Crippen molar-refractivity contribution in [2.75, 3.05) is 44.9 Å². The molecule has 2 N–H and O–H groups in total. The first kappa shape index (κ1) is 23.9. The fourth-order valence-corrected chi connectivity index (χ4v) is 5.69. The summed E-state index contributed by atoms with van der Waals surface area (Å²) >= 11 is 6.57. The number of hydrogen-bond acceptors (Lipinski definition) is 5. The molecule has 1 atom stereocenters. The molecule has 3 aromatic carbocycles. The van der Waals surface area contributed by atoms with Crippen LogP contribution < -0.4 is 19.7 Å². The lowest BCUT2D eigenvalue weighted by molar-refractivity contribution is 0.196. The highest BCUT2D eigenvalue weighted by atomic mass is 35.5. The summed E-state index contributed by atoms with van der Waals surface area (Å²) in [7, 11) is 1.63. The quantitative estimate of drug-likeness (QED) is 0.507. The Morgan fingerprint density at radius 1 is 1.17 bits per heavy atom. The molecule has 0 bridgehead atoms. The Balaban J connectivity index is 1.73. The van der Waals surface area contributed by atoms with E-state index in [1.165, 1.54) is 12.1 Å². The molecule has 5 rings (SSSR count). The summed E-state index contributed by atoms with van der Waals surface area (Å²) in [6.45, 7) is 3.50. The molecule has 35 heavy (non-hydrogen) atoms. The molecule has 0 saturated carbocycles. The van der Waals surface area contributed by atoms with Crippen LogP contribution in [-0.2, 0) is 12.0 Å². The van der Waals surface area contributed by atoms with E-state index < -0.39 is 17.2 Å². The Morgan fingerprint density at radius 2 is 2.00 bits per heavy atom. The number of fused-ring (bicyclic) bond motifs is 3. The second kappa shape index (κ2) is 9.30. The predicted octanol–water partition coefficient (Wildman–Crippen LogP) is 4.83. The average Bonchev–Trinajstić information content (AvgIpc) is 3.21. The minimum absolute atomic E-state index is 0.00590. The molecule has 8 heteroatoms. The fraction of sp³-hybridized carbons (Fsp3) is 0.333. The summed E-state index contributed by atoms with van der Waals surface area (Å²) in [6, 6.07) is 12.6. The van der Waals surface area contributed by atoms with Crippen LogP contribution in [0.15, 0.2) is 42.5 Å². The maximum atomic E-state index is 15.8. The van der Waals surface area contributed by atoms with Crippen LogP contribution in [0.1, 0.15) is 16.7 Å². The predicted molar refractivity (Wildman–Crippen MR) is 133 cm³/mol. The number of ether oxygens (including phenoxy) is 2. The summed E-state index contributed by atoms with van der Waals surface area (Å²) in [5.74, 6) is -0.487. The van der Waals surface area contributed by atoms with E-state index >= 15 is 8.78 Å². The number of hydrogen-bond donors (Lipinski definition) is 2. The molecule has 1 saturated heterocycles. The number of aliphatic hydroxyl groups excluding tert-OH is 1.